The fraction of sp³-hybridized carbons (Fsp3) is 0.800. The van der Waals surface area contributed by atoms with Crippen LogP contribution in [0.15, 0.2) is 0 Å². The molecule has 0 radical (unpaired) electrons. The molecule has 18 heavy (non-hydrogen) atoms. The van der Waals surface area contributed by atoms with Gasteiger partial charge in [-0.25, -0.2) is 0 Å². The van der Waals surface area contributed by atoms with Crippen LogP contribution in [0.2, 0.25) is 0 Å². The summed E-state index contributed by atoms with van der Waals surface area (Å²) < 4.78 is 35.8. The summed E-state index contributed by atoms with van der Waals surface area (Å²) in [7, 11) is 0. The number of hydrogen-bond acceptors (Lipinski definition) is 3. The quantitative estimate of drug-likeness (QED) is 0.777. The average molecular weight is 268 g/mol. The van der Waals surface area contributed by atoms with Gasteiger partial charge in [-0.3, -0.25) is 14.5 Å². The van der Waals surface area contributed by atoms with Gasteiger partial charge in [-0.15, -0.1) is 0 Å². The van der Waals surface area contributed by atoms with Crippen molar-refractivity contribution < 1.29 is 27.9 Å². The van der Waals surface area contributed by atoms with Crippen molar-refractivity contribution in [2.24, 2.45) is 5.92 Å². The first-order valence-corrected chi connectivity index (χ1v) is 5.58. The highest BCUT2D eigenvalue weighted by Crippen LogP contribution is 2.18. The first-order chi connectivity index (χ1) is 8.29. The van der Waals surface area contributed by atoms with Gasteiger partial charge in [-0.1, -0.05) is 0 Å². The smallest absolute Gasteiger partial charge is 0.471 e. The molecule has 0 aliphatic carbocycles. The highest BCUT2D eigenvalue weighted by atomic mass is 19.4. The van der Waals surface area contributed by atoms with Crippen molar-refractivity contribution in [3.05, 3.63) is 0 Å². The number of carbonyl (C=O) groups is 2. The average Bonchev–Trinajstić information content (AvgIpc) is 2.25. The van der Waals surface area contributed by atoms with Crippen LogP contribution in [0.5, 0.6) is 0 Å². The molecule has 1 heterocycles. The van der Waals surface area contributed by atoms with E-state index in [4.69, 9.17) is 5.11 Å². The Kier molecular flexibility index (Phi) is 4.94. The van der Waals surface area contributed by atoms with Crippen LogP contribution in [-0.2, 0) is 9.59 Å². The minimum absolute atomic E-state index is 0.0146. The number of likely N-dealkylation sites (tertiary alicyclic amines) is 1. The number of nitrogens with zero attached hydrogens (tertiary/aromatic N) is 1. The number of amides is 1. The van der Waals surface area contributed by atoms with Crippen LogP contribution < -0.4 is 5.32 Å². The predicted octanol–water partition coefficient (Wildman–Crippen LogP) is 0.461. The van der Waals surface area contributed by atoms with Gasteiger partial charge < -0.3 is 10.4 Å². The van der Waals surface area contributed by atoms with Crippen molar-refractivity contribution in [2.75, 3.05) is 26.2 Å². The van der Waals surface area contributed by atoms with Crippen molar-refractivity contribution in [3.63, 3.8) is 0 Å². The lowest BCUT2D eigenvalue weighted by Gasteiger charge is -2.30. The maximum absolute atomic E-state index is 11.9. The molecule has 1 rings (SSSR count). The number of carboxylic acid groups (broad SMARTS) is 1. The molecule has 0 bridgehead atoms. The Morgan fingerprint density at radius 3 is 2.28 bits per heavy atom. The lowest BCUT2D eigenvalue weighted by atomic mass is 9.97. The fourth-order valence-electron chi connectivity index (χ4n) is 1.88. The van der Waals surface area contributed by atoms with Gasteiger partial charge in [0.15, 0.2) is 0 Å². The Hall–Kier alpha value is -1.31. The number of carboxylic acids is 1. The molecule has 0 aromatic rings. The number of carbonyl (C=O) groups excluding carboxylic acids is 1. The Bertz CT molecular complexity index is 312. The molecule has 0 atom stereocenters. The van der Waals surface area contributed by atoms with Crippen LogP contribution in [0.1, 0.15) is 12.8 Å². The third-order valence-electron chi connectivity index (χ3n) is 2.87. The predicted molar refractivity (Wildman–Crippen MR) is 55.9 cm³/mol. The highest BCUT2D eigenvalue weighted by molar-refractivity contribution is 5.81. The zero-order chi connectivity index (χ0) is 13.8. The molecule has 1 fully saturated rings. The van der Waals surface area contributed by atoms with Gasteiger partial charge >= 0.3 is 18.1 Å². The van der Waals surface area contributed by atoms with E-state index in [1.807, 2.05) is 5.32 Å². The van der Waals surface area contributed by atoms with Crippen LogP contribution in [-0.4, -0.2) is 54.2 Å². The van der Waals surface area contributed by atoms with Gasteiger partial charge in [0.05, 0.1) is 6.54 Å². The van der Waals surface area contributed by atoms with E-state index in [2.05, 4.69) is 0 Å². The van der Waals surface area contributed by atoms with Crippen molar-refractivity contribution in [1.29, 1.82) is 0 Å². The van der Waals surface area contributed by atoms with E-state index < -0.39 is 18.1 Å². The van der Waals surface area contributed by atoms with Gasteiger partial charge in [-0.2, -0.15) is 13.2 Å². The number of alkyl halides is 3. The van der Waals surface area contributed by atoms with E-state index in [-0.39, 0.29) is 19.0 Å². The summed E-state index contributed by atoms with van der Waals surface area (Å²) in [6.45, 7) is 0.985. The molecular formula is C10H15F3N2O3. The van der Waals surface area contributed by atoms with E-state index in [0.717, 1.165) is 0 Å². The number of halogens is 3. The monoisotopic (exact) mass is 268 g/mol. The number of rotatable bonds is 4. The second-order valence-corrected chi connectivity index (χ2v) is 4.32. The molecule has 2 N–H and O–H groups in total. The standard InChI is InChI=1S/C10H15F3N2O3/c11-10(12,13)9(18)14-5-7-1-3-15(4-2-7)6-8(16)17/h7H,1-6H2,(H,14,18)(H,16,17). The topological polar surface area (TPSA) is 69.6 Å². The third-order valence-corrected chi connectivity index (χ3v) is 2.87. The molecule has 1 aliphatic heterocycles. The third kappa shape index (κ3) is 4.91. The SMILES string of the molecule is O=C(O)CN1CCC(CNC(=O)C(F)(F)F)CC1. The van der Waals surface area contributed by atoms with Crippen molar-refractivity contribution in [1.82, 2.24) is 10.2 Å². The Morgan fingerprint density at radius 2 is 1.83 bits per heavy atom. The summed E-state index contributed by atoms with van der Waals surface area (Å²) in [6, 6.07) is 0. The molecule has 1 amide bonds. The van der Waals surface area contributed by atoms with Crippen LogP contribution in [0, 0.1) is 5.92 Å². The summed E-state index contributed by atoms with van der Waals surface area (Å²) in [4.78, 5) is 22.8. The summed E-state index contributed by atoms with van der Waals surface area (Å²) in [5.41, 5.74) is 0. The van der Waals surface area contributed by atoms with Crippen LogP contribution >= 0.6 is 0 Å². The van der Waals surface area contributed by atoms with E-state index in [9.17, 15) is 22.8 Å². The van der Waals surface area contributed by atoms with Crippen molar-refractivity contribution in [2.45, 2.75) is 19.0 Å². The second-order valence-electron chi connectivity index (χ2n) is 4.32. The highest BCUT2D eigenvalue weighted by Gasteiger charge is 2.38. The first-order valence-electron chi connectivity index (χ1n) is 5.58. The van der Waals surface area contributed by atoms with Crippen LogP contribution in [0.4, 0.5) is 13.2 Å². The van der Waals surface area contributed by atoms with Crippen LogP contribution in [0.25, 0.3) is 0 Å². The number of nitrogens with one attached hydrogen (secondary N) is 1. The van der Waals surface area contributed by atoms with Crippen molar-refractivity contribution >= 4 is 11.9 Å². The van der Waals surface area contributed by atoms with Crippen molar-refractivity contribution in [3.8, 4) is 0 Å². The van der Waals surface area contributed by atoms with Gasteiger partial charge in [0.2, 0.25) is 0 Å². The summed E-state index contributed by atoms with van der Waals surface area (Å²) >= 11 is 0. The molecule has 0 saturated carbocycles. The van der Waals surface area contributed by atoms with Gasteiger partial charge in [0, 0.05) is 6.54 Å². The minimum atomic E-state index is -4.84. The Labute approximate surface area is 102 Å². The summed E-state index contributed by atoms with van der Waals surface area (Å²) in [5.74, 6) is -2.87. The minimum Gasteiger partial charge on any atom is -0.480 e. The van der Waals surface area contributed by atoms with E-state index in [1.54, 1.807) is 4.90 Å². The normalized spacial score (nSPS) is 18.6. The molecule has 8 heteroatoms. The zero-order valence-corrected chi connectivity index (χ0v) is 9.66. The Balaban J connectivity index is 2.24. The van der Waals surface area contributed by atoms with Crippen LogP contribution in [0.3, 0.4) is 0 Å². The van der Waals surface area contributed by atoms with E-state index >= 15 is 0 Å². The molecule has 0 spiro atoms. The number of piperidine rings is 1. The maximum Gasteiger partial charge on any atom is 0.471 e. The van der Waals surface area contributed by atoms with Gasteiger partial charge in [0.1, 0.15) is 0 Å². The maximum atomic E-state index is 11.9. The van der Waals surface area contributed by atoms with E-state index in [1.165, 1.54) is 0 Å². The molecule has 5 nitrogen and oxygen atoms in total. The first kappa shape index (κ1) is 14.7. The lowest BCUT2D eigenvalue weighted by Crippen LogP contribution is -2.43. The molecule has 0 unspecified atom stereocenters. The second kappa shape index (κ2) is 6.03. The largest absolute Gasteiger partial charge is 0.480 e. The molecule has 0 aromatic heterocycles. The molecule has 0 aromatic carbocycles. The Morgan fingerprint density at radius 1 is 1.28 bits per heavy atom. The van der Waals surface area contributed by atoms with E-state index in [0.29, 0.717) is 25.9 Å². The zero-order valence-electron chi connectivity index (χ0n) is 9.66. The fourth-order valence-corrected chi connectivity index (χ4v) is 1.88. The summed E-state index contributed by atoms with van der Waals surface area (Å²) in [6.07, 6.45) is -3.67. The lowest BCUT2D eigenvalue weighted by molar-refractivity contribution is -0.173. The number of hydrogen-bond donors (Lipinski definition) is 2. The molecular weight excluding hydrogens is 253 g/mol. The molecule has 1 saturated heterocycles. The molecule has 1 aliphatic rings. The summed E-state index contributed by atoms with van der Waals surface area (Å²) in [5, 5.41) is 10.4. The molecule has 104 valence electrons. The number of aliphatic carboxylic acids is 1. The van der Waals surface area contributed by atoms with Gasteiger partial charge in [-0.05, 0) is 31.8 Å². The van der Waals surface area contributed by atoms with Gasteiger partial charge in [0.25, 0.3) is 0 Å².